The molecule has 15 heteroatoms. The fourth-order valence-electron chi connectivity index (χ4n) is 10.7. The maximum Gasteiger partial charge on any atom is 0.417 e. The lowest BCUT2D eigenvalue weighted by atomic mass is 9.67. The summed E-state index contributed by atoms with van der Waals surface area (Å²) in [6, 6.07) is 18.0. The fraction of sp³-hybridized carbons (Fsp3) is 0.469. The number of rotatable bonds is 11. The number of H-pyrrole nitrogens is 2. The van der Waals surface area contributed by atoms with E-state index in [4.69, 9.17) is 17.8 Å². The number of aromatic nitrogens is 4. The van der Waals surface area contributed by atoms with Crippen LogP contribution in [0.5, 0.6) is 0 Å². The van der Waals surface area contributed by atoms with Crippen molar-refractivity contribution in [3.05, 3.63) is 83.6 Å². The third kappa shape index (κ3) is 8.24. The van der Waals surface area contributed by atoms with Gasteiger partial charge in [-0.05, 0) is 120 Å². The molecule has 5 aromatic rings. The van der Waals surface area contributed by atoms with E-state index in [-0.39, 0.29) is 35.7 Å². The van der Waals surface area contributed by atoms with Gasteiger partial charge in [0.2, 0.25) is 11.8 Å². The summed E-state index contributed by atoms with van der Waals surface area (Å²) >= 11 is 1.53. The average molecular weight is 981 g/mol. The second kappa shape index (κ2) is 17.8. The van der Waals surface area contributed by atoms with E-state index in [0.29, 0.717) is 18.5 Å². The van der Waals surface area contributed by atoms with Crippen LogP contribution in [0, 0.1) is 17.3 Å². The summed E-state index contributed by atoms with van der Waals surface area (Å²) in [5.74, 6) is 1.05. The number of amides is 4. The van der Waals surface area contributed by atoms with Gasteiger partial charge in [-0.2, -0.15) is 0 Å². The molecule has 3 fully saturated rings. The number of carbonyl (C=O) groups excluding carboxylic acids is 4. The van der Waals surface area contributed by atoms with E-state index in [0.717, 1.165) is 78.0 Å². The van der Waals surface area contributed by atoms with E-state index in [2.05, 4.69) is 75.2 Å². The molecule has 2 aromatic heterocycles. The number of methoxy groups -OCH3 is 1. The summed E-state index contributed by atoms with van der Waals surface area (Å²) in [6.45, 7) is 8.88. The molecule has 3 aromatic carbocycles. The molecule has 4 N–H and O–H groups in total. The van der Waals surface area contributed by atoms with E-state index in [1.165, 1.54) is 77.2 Å². The normalized spacial score (nSPS) is 19.8. The highest BCUT2D eigenvalue weighted by molar-refractivity contribution is 14.1. The number of nitrogens with zero attached hydrogens (tertiary/aromatic N) is 4. The van der Waals surface area contributed by atoms with Crippen molar-refractivity contribution in [1.82, 2.24) is 40.4 Å². The predicted octanol–water partition coefficient (Wildman–Crippen LogP) is 9.36. The van der Waals surface area contributed by atoms with Gasteiger partial charge in [-0.1, -0.05) is 76.6 Å². The van der Waals surface area contributed by atoms with Gasteiger partial charge in [0.25, 0.3) is 0 Å². The van der Waals surface area contributed by atoms with Gasteiger partial charge in [-0.3, -0.25) is 9.59 Å². The summed E-state index contributed by atoms with van der Waals surface area (Å²) in [6.07, 6.45) is 9.81. The second-order valence-electron chi connectivity index (χ2n) is 18.9. The number of hydrogen-bond acceptors (Lipinski definition) is 8. The molecule has 2 saturated heterocycles. The Hall–Kier alpha value is -5.45. The summed E-state index contributed by atoms with van der Waals surface area (Å²) in [7, 11) is 1.31. The maximum atomic E-state index is 13.8. The number of carbonyl (C=O) groups is 4. The minimum absolute atomic E-state index is 0.105. The molecule has 9 rings (SSSR count). The molecule has 0 radical (unpaired) electrons. The van der Waals surface area contributed by atoms with Crippen LogP contribution < -0.4 is 10.6 Å². The van der Waals surface area contributed by atoms with Crippen LogP contribution in [-0.2, 0) is 30.2 Å². The fourth-order valence-corrected chi connectivity index (χ4v) is 10.8. The number of aromatic amines is 2. The maximum absolute atomic E-state index is 13.8. The summed E-state index contributed by atoms with van der Waals surface area (Å²) < 4.78 is 9.59. The van der Waals surface area contributed by atoms with Gasteiger partial charge in [-0.15, -0.1) is 0 Å². The van der Waals surface area contributed by atoms with Crippen LogP contribution in [0.3, 0.4) is 0 Å². The Balaban J connectivity index is 0.954. The third-order valence-corrected chi connectivity index (χ3v) is 14.6. The van der Waals surface area contributed by atoms with Crippen LogP contribution in [0.25, 0.3) is 44.5 Å². The number of hydrogen-bond donors (Lipinski definition) is 4. The Morgan fingerprint density at radius 3 is 1.86 bits per heavy atom. The Kier molecular flexibility index (Phi) is 12.2. The van der Waals surface area contributed by atoms with Gasteiger partial charge in [0, 0.05) is 13.1 Å². The molecule has 2 aliphatic heterocycles. The number of halogens is 1. The lowest BCUT2D eigenvalue weighted by molar-refractivity contribution is -0.136. The molecule has 1 saturated carbocycles. The molecule has 2 aliphatic carbocycles. The molecule has 336 valence electrons. The van der Waals surface area contributed by atoms with E-state index in [1.807, 2.05) is 43.7 Å². The van der Waals surface area contributed by atoms with Crippen molar-refractivity contribution in [2.24, 2.45) is 17.3 Å². The number of alkyl carbamates (subject to hydrolysis) is 1. The summed E-state index contributed by atoms with van der Waals surface area (Å²) in [5.41, 5.74) is 11.8. The van der Waals surface area contributed by atoms with Crippen molar-refractivity contribution < 1.29 is 27.0 Å². The van der Waals surface area contributed by atoms with Crippen LogP contribution >= 0.6 is 23.0 Å². The van der Waals surface area contributed by atoms with Crippen LogP contribution in [0.15, 0.2) is 60.8 Å². The minimum Gasteiger partial charge on any atom is -0.453 e. The Labute approximate surface area is 387 Å². The summed E-state index contributed by atoms with van der Waals surface area (Å²) in [5, 5.41) is 5.46. The molecular weight excluding hydrogens is 923 g/mol. The first-order chi connectivity index (χ1) is 30.9. The van der Waals surface area contributed by atoms with Crippen molar-refractivity contribution in [1.29, 1.82) is 0 Å². The van der Waals surface area contributed by atoms with Gasteiger partial charge in [0.15, 0.2) is 23.0 Å². The van der Waals surface area contributed by atoms with Gasteiger partial charge in [0.1, 0.15) is 23.7 Å². The second-order valence-corrected chi connectivity index (χ2v) is 19.3. The van der Waals surface area contributed by atoms with E-state index in [1.54, 1.807) is 0 Å². The van der Waals surface area contributed by atoms with Crippen LogP contribution in [0.4, 0.5) is 9.59 Å². The zero-order chi connectivity index (χ0) is 44.9. The molecule has 4 aliphatic rings. The zero-order valence-electron chi connectivity index (χ0n) is 37.1. The number of fused-ring (bicyclic) bond motifs is 2. The average Bonchev–Trinajstić information content (AvgIpc) is 4.14. The van der Waals surface area contributed by atoms with E-state index >= 15 is 0 Å². The highest BCUT2D eigenvalue weighted by Crippen LogP contribution is 2.55. The number of imidazole rings is 2. The van der Waals surface area contributed by atoms with Gasteiger partial charge in [-0.25, -0.2) is 19.6 Å². The number of likely N-dealkylation sites (tertiary alicyclic amines) is 2. The first-order valence-electron chi connectivity index (χ1n) is 22.7. The molecule has 0 bridgehead atoms. The Morgan fingerprint density at radius 1 is 0.734 bits per heavy atom. The molecule has 4 amide bonds. The molecule has 4 heterocycles. The molecular formula is C49H57IN8O6. The smallest absolute Gasteiger partial charge is 0.417 e. The topological polar surface area (TPSA) is 175 Å². The number of nitrogens with one attached hydrogen (secondary N) is 4. The molecule has 14 nitrogen and oxygen atoms in total. The SMILES string of the molecule is COC(=O)N[C@H](C(=O)N1CCC[C@H]1c1nc2ccc(-c3ccc(-c4ccc(-c5cnc([C@@H]6CCCN6C(=O)[C@@H](NC(=O)OI)C(C)C)[nH]5)cc4)c4c3CC3(CCC3)C4)cc2[nH]1)C(C)C. The highest BCUT2D eigenvalue weighted by atomic mass is 127. The van der Waals surface area contributed by atoms with E-state index < -0.39 is 24.3 Å². The van der Waals surface area contributed by atoms with Gasteiger partial charge >= 0.3 is 12.2 Å². The third-order valence-electron chi connectivity index (χ3n) is 14.2. The summed E-state index contributed by atoms with van der Waals surface area (Å²) in [4.78, 5) is 72.2. The van der Waals surface area contributed by atoms with E-state index in [9.17, 15) is 19.2 Å². The molecule has 1 spiro atoms. The van der Waals surface area contributed by atoms with Gasteiger partial charge < -0.3 is 38.2 Å². The van der Waals surface area contributed by atoms with Crippen LogP contribution in [0.2, 0.25) is 0 Å². The van der Waals surface area contributed by atoms with Crippen LogP contribution in [0.1, 0.15) is 108 Å². The molecule has 64 heavy (non-hydrogen) atoms. The van der Waals surface area contributed by atoms with Crippen molar-refractivity contribution in [2.45, 2.75) is 110 Å². The largest absolute Gasteiger partial charge is 0.453 e. The van der Waals surface area contributed by atoms with Crippen molar-refractivity contribution in [3.63, 3.8) is 0 Å². The van der Waals surface area contributed by atoms with Crippen molar-refractivity contribution in [2.75, 3.05) is 20.2 Å². The van der Waals surface area contributed by atoms with Gasteiger partial charge in [0.05, 0.1) is 42.1 Å². The minimum atomic E-state index is -0.690. The lowest BCUT2D eigenvalue weighted by Gasteiger charge is -2.38. The number of benzene rings is 3. The Morgan fingerprint density at radius 2 is 1.30 bits per heavy atom. The first-order valence-corrected chi connectivity index (χ1v) is 23.6. The predicted molar refractivity (Wildman–Crippen MR) is 252 cm³/mol. The lowest BCUT2D eigenvalue weighted by Crippen LogP contribution is -2.51. The number of ether oxygens (including phenoxy) is 1. The highest BCUT2D eigenvalue weighted by Gasteiger charge is 2.44. The molecule has 4 atom stereocenters. The first kappa shape index (κ1) is 43.8. The molecule has 0 unspecified atom stereocenters. The monoisotopic (exact) mass is 980 g/mol. The van der Waals surface area contributed by atoms with Crippen molar-refractivity contribution in [3.8, 4) is 33.5 Å². The van der Waals surface area contributed by atoms with Crippen LogP contribution in [-0.4, -0.2) is 86.0 Å². The quantitative estimate of drug-likeness (QED) is 0.0948. The van der Waals surface area contributed by atoms with Crippen molar-refractivity contribution >= 4 is 58.0 Å². The standard InChI is InChI=1S/C49H57IN8O6/c1-27(2)41(55-47(61)63-5)45(59)58-22-7-10-40(58)44-52-36-18-15-31(23-37(36)53-44)33-17-16-32(34-24-49(19-8-20-49)25-35(33)34)29-11-13-30(14-12-29)38-26-51-43(54-38)39-9-6-21-57(39)46(60)42(28(3)4)56-48(62)64-50/h11-18,23,26-28,39-42H,6-10,19-22,24-25H2,1-5H3,(H,51,54)(H,52,53)(H,55,61)(H,56,62)/t39-,40-,41-,42-/m0/s1. The zero-order valence-corrected chi connectivity index (χ0v) is 39.3. The Bertz CT molecular complexity index is 2580.